The molecule has 0 bridgehead atoms. The first-order chi connectivity index (χ1) is 15.0. The van der Waals surface area contributed by atoms with Gasteiger partial charge in [-0.25, -0.2) is 4.79 Å². The Labute approximate surface area is 187 Å². The number of carbonyl (C=O) groups excluding carboxylic acids is 2. The van der Waals surface area contributed by atoms with Gasteiger partial charge in [-0.1, -0.05) is 17.7 Å². The highest BCUT2D eigenvalue weighted by atomic mass is 35.5. The van der Waals surface area contributed by atoms with Crippen LogP contribution in [0, 0.1) is 0 Å². The van der Waals surface area contributed by atoms with Crippen LogP contribution in [0.1, 0.15) is 37.4 Å². The molecule has 31 heavy (non-hydrogen) atoms. The third-order valence-electron chi connectivity index (χ3n) is 5.09. The highest BCUT2D eigenvalue weighted by Gasteiger charge is 2.34. The monoisotopic (exact) mass is 446 g/mol. The molecule has 0 spiro atoms. The number of fused-ring (bicyclic) bond motifs is 1. The van der Waals surface area contributed by atoms with Crippen LogP contribution in [-0.2, 0) is 16.0 Å². The standard InChI is InChI=1S/C23H27ClN2O5/c1-4-30-20-11-15-9-10-26(23(28)25-17-8-6-7-16(24)12-17)19(14-22(27)29-3)18(15)13-21(20)31-5-2/h6-8,11-13,19H,4-5,9-10,14H2,1-3H3,(H,25,28)/t19-/m1/s1. The zero-order valence-corrected chi connectivity index (χ0v) is 18.7. The fourth-order valence-corrected chi connectivity index (χ4v) is 3.90. The van der Waals surface area contributed by atoms with E-state index >= 15 is 0 Å². The summed E-state index contributed by atoms with van der Waals surface area (Å²) in [5, 5.41) is 3.40. The fraction of sp³-hybridized carbons (Fsp3) is 0.391. The second kappa shape index (κ2) is 10.4. The van der Waals surface area contributed by atoms with E-state index in [0.29, 0.717) is 48.4 Å². The van der Waals surface area contributed by atoms with Crippen LogP contribution < -0.4 is 14.8 Å². The van der Waals surface area contributed by atoms with E-state index in [2.05, 4.69) is 5.32 Å². The number of methoxy groups -OCH3 is 1. The maximum Gasteiger partial charge on any atom is 0.322 e. The molecule has 0 radical (unpaired) electrons. The van der Waals surface area contributed by atoms with Crippen molar-refractivity contribution in [3.05, 3.63) is 52.5 Å². The van der Waals surface area contributed by atoms with Gasteiger partial charge in [0.05, 0.1) is 32.8 Å². The largest absolute Gasteiger partial charge is 0.490 e. The molecular formula is C23H27ClN2O5. The number of hydrogen-bond donors (Lipinski definition) is 1. The predicted octanol–water partition coefficient (Wildman–Crippen LogP) is 4.83. The highest BCUT2D eigenvalue weighted by molar-refractivity contribution is 6.30. The summed E-state index contributed by atoms with van der Waals surface area (Å²) in [5.41, 5.74) is 2.46. The van der Waals surface area contributed by atoms with Crippen molar-refractivity contribution >= 4 is 29.3 Å². The van der Waals surface area contributed by atoms with E-state index < -0.39 is 12.0 Å². The molecule has 1 atom stereocenters. The molecule has 1 N–H and O–H groups in total. The van der Waals surface area contributed by atoms with Gasteiger partial charge in [0.1, 0.15) is 0 Å². The van der Waals surface area contributed by atoms with Gasteiger partial charge >= 0.3 is 12.0 Å². The molecule has 0 aromatic heterocycles. The first kappa shape index (κ1) is 22.7. The van der Waals surface area contributed by atoms with Gasteiger partial charge in [-0.3, -0.25) is 4.79 Å². The van der Waals surface area contributed by atoms with Crippen molar-refractivity contribution in [2.24, 2.45) is 0 Å². The van der Waals surface area contributed by atoms with E-state index in [9.17, 15) is 9.59 Å². The Hall–Kier alpha value is -2.93. The molecule has 0 saturated heterocycles. The summed E-state index contributed by atoms with van der Waals surface area (Å²) in [6.07, 6.45) is 0.661. The van der Waals surface area contributed by atoms with Crippen molar-refractivity contribution in [2.45, 2.75) is 32.7 Å². The Morgan fingerprint density at radius 1 is 1.13 bits per heavy atom. The summed E-state index contributed by atoms with van der Waals surface area (Å²) in [7, 11) is 1.34. The van der Waals surface area contributed by atoms with Crippen LogP contribution in [0.4, 0.5) is 10.5 Å². The van der Waals surface area contributed by atoms with Crippen molar-refractivity contribution in [1.29, 1.82) is 0 Å². The van der Waals surface area contributed by atoms with E-state index in [4.69, 9.17) is 25.8 Å². The van der Waals surface area contributed by atoms with Gasteiger partial charge < -0.3 is 24.4 Å². The average Bonchev–Trinajstić information content (AvgIpc) is 2.74. The lowest BCUT2D eigenvalue weighted by Gasteiger charge is -2.37. The van der Waals surface area contributed by atoms with Crippen LogP contribution in [0.2, 0.25) is 5.02 Å². The number of ether oxygens (including phenoxy) is 3. The molecule has 2 amide bonds. The molecule has 0 fully saturated rings. The zero-order chi connectivity index (χ0) is 22.4. The normalized spacial score (nSPS) is 15.1. The van der Waals surface area contributed by atoms with E-state index in [-0.39, 0.29) is 12.5 Å². The number of esters is 1. The van der Waals surface area contributed by atoms with Crippen LogP contribution >= 0.6 is 11.6 Å². The molecule has 0 saturated carbocycles. The molecule has 3 rings (SSSR count). The fourth-order valence-electron chi connectivity index (χ4n) is 3.71. The summed E-state index contributed by atoms with van der Waals surface area (Å²) in [4.78, 5) is 26.9. The number of amides is 2. The predicted molar refractivity (Wildman–Crippen MR) is 119 cm³/mol. The van der Waals surface area contributed by atoms with Crippen LogP contribution in [0.25, 0.3) is 0 Å². The smallest absolute Gasteiger partial charge is 0.322 e. The van der Waals surface area contributed by atoms with Crippen LogP contribution in [0.15, 0.2) is 36.4 Å². The summed E-state index contributed by atoms with van der Waals surface area (Å²) in [6.45, 7) is 5.24. The van der Waals surface area contributed by atoms with Gasteiger partial charge in [-0.05, 0) is 61.7 Å². The van der Waals surface area contributed by atoms with Gasteiger partial charge in [-0.15, -0.1) is 0 Å². The maximum atomic E-state index is 13.1. The van der Waals surface area contributed by atoms with Crippen LogP contribution in [0.5, 0.6) is 11.5 Å². The second-order valence-electron chi connectivity index (χ2n) is 7.04. The molecule has 1 heterocycles. The summed E-state index contributed by atoms with van der Waals surface area (Å²) < 4.78 is 16.4. The van der Waals surface area contributed by atoms with E-state index in [1.165, 1.54) is 7.11 Å². The van der Waals surface area contributed by atoms with Crippen molar-refractivity contribution in [3.63, 3.8) is 0 Å². The number of nitrogens with zero attached hydrogens (tertiary/aromatic N) is 1. The first-order valence-corrected chi connectivity index (χ1v) is 10.7. The molecule has 2 aromatic rings. The van der Waals surface area contributed by atoms with E-state index in [1.807, 2.05) is 26.0 Å². The van der Waals surface area contributed by atoms with Gasteiger partial charge in [-0.2, -0.15) is 0 Å². The minimum absolute atomic E-state index is 0.0337. The topological polar surface area (TPSA) is 77.1 Å². The SMILES string of the molecule is CCOc1cc2c(cc1OCC)[C@@H](CC(=O)OC)N(C(=O)Nc1cccc(Cl)c1)CC2. The number of nitrogens with one attached hydrogen (secondary N) is 1. The highest BCUT2D eigenvalue weighted by Crippen LogP contribution is 2.40. The quantitative estimate of drug-likeness (QED) is 0.616. The first-order valence-electron chi connectivity index (χ1n) is 10.3. The van der Waals surface area contributed by atoms with Crippen LogP contribution in [0.3, 0.4) is 0 Å². The molecule has 0 unspecified atom stereocenters. The summed E-state index contributed by atoms with van der Waals surface area (Å²) in [6, 6.07) is 9.95. The third-order valence-corrected chi connectivity index (χ3v) is 5.32. The summed E-state index contributed by atoms with van der Waals surface area (Å²) in [5.74, 6) is 0.858. The summed E-state index contributed by atoms with van der Waals surface area (Å²) >= 11 is 6.03. The molecule has 2 aromatic carbocycles. The van der Waals surface area contributed by atoms with Crippen molar-refractivity contribution in [2.75, 3.05) is 32.2 Å². The minimum atomic E-state index is -0.495. The Kier molecular flexibility index (Phi) is 7.63. The Bertz CT molecular complexity index is 950. The van der Waals surface area contributed by atoms with Gasteiger partial charge in [0.2, 0.25) is 0 Å². The van der Waals surface area contributed by atoms with Crippen molar-refractivity contribution in [1.82, 2.24) is 4.90 Å². The molecule has 0 aliphatic carbocycles. The molecular weight excluding hydrogens is 420 g/mol. The minimum Gasteiger partial charge on any atom is -0.490 e. The third kappa shape index (κ3) is 5.41. The van der Waals surface area contributed by atoms with Gasteiger partial charge in [0.15, 0.2) is 11.5 Å². The van der Waals surface area contributed by atoms with Gasteiger partial charge in [0, 0.05) is 17.3 Å². The molecule has 166 valence electrons. The maximum absolute atomic E-state index is 13.1. The molecule has 7 nitrogen and oxygen atoms in total. The molecule has 1 aliphatic heterocycles. The lowest BCUT2D eigenvalue weighted by atomic mass is 9.90. The zero-order valence-electron chi connectivity index (χ0n) is 17.9. The Balaban J connectivity index is 1.96. The van der Waals surface area contributed by atoms with Crippen molar-refractivity contribution < 1.29 is 23.8 Å². The number of rotatable bonds is 7. The van der Waals surface area contributed by atoms with Gasteiger partial charge in [0.25, 0.3) is 0 Å². The Morgan fingerprint density at radius 3 is 2.48 bits per heavy atom. The number of carbonyl (C=O) groups is 2. The average molecular weight is 447 g/mol. The number of anilines is 1. The number of benzene rings is 2. The lowest BCUT2D eigenvalue weighted by Crippen LogP contribution is -2.43. The van der Waals surface area contributed by atoms with E-state index in [1.54, 1.807) is 29.2 Å². The second-order valence-corrected chi connectivity index (χ2v) is 7.48. The Morgan fingerprint density at radius 2 is 1.84 bits per heavy atom. The number of hydrogen-bond acceptors (Lipinski definition) is 5. The van der Waals surface area contributed by atoms with Crippen LogP contribution in [-0.4, -0.2) is 43.8 Å². The number of halogens is 1. The molecule has 1 aliphatic rings. The van der Waals surface area contributed by atoms with E-state index in [0.717, 1.165) is 11.1 Å². The lowest BCUT2D eigenvalue weighted by molar-refractivity contribution is -0.141. The molecule has 8 heteroatoms. The van der Waals surface area contributed by atoms with Crippen molar-refractivity contribution in [3.8, 4) is 11.5 Å². The number of urea groups is 1.